The number of esters is 4. The van der Waals surface area contributed by atoms with Gasteiger partial charge in [-0.25, -0.2) is 9.13 Å². The lowest BCUT2D eigenvalue weighted by molar-refractivity contribution is -0.161. The Morgan fingerprint density at radius 3 is 0.809 bits per heavy atom. The van der Waals surface area contributed by atoms with Crippen molar-refractivity contribution in [1.82, 2.24) is 0 Å². The lowest BCUT2D eigenvalue weighted by Crippen LogP contribution is -2.30. The van der Waals surface area contributed by atoms with E-state index in [2.05, 4.69) is 48.5 Å². The summed E-state index contributed by atoms with van der Waals surface area (Å²) >= 11 is 0. The monoisotopic (exact) mass is 1380 g/mol. The predicted molar refractivity (Wildman–Crippen MR) is 381 cm³/mol. The van der Waals surface area contributed by atoms with Crippen LogP contribution in [0.3, 0.4) is 0 Å². The van der Waals surface area contributed by atoms with Gasteiger partial charge in [0.25, 0.3) is 0 Å². The van der Waals surface area contributed by atoms with Gasteiger partial charge >= 0.3 is 39.5 Å². The summed E-state index contributed by atoms with van der Waals surface area (Å²) in [6.45, 7) is 11.9. The molecule has 0 heterocycles. The van der Waals surface area contributed by atoms with Crippen molar-refractivity contribution in [3.8, 4) is 0 Å². The van der Waals surface area contributed by atoms with Crippen LogP contribution in [0, 0.1) is 17.8 Å². The second-order valence-electron chi connectivity index (χ2n) is 28.0. The van der Waals surface area contributed by atoms with Crippen LogP contribution in [0.4, 0.5) is 0 Å². The number of hydrogen-bond acceptors (Lipinski definition) is 15. The van der Waals surface area contributed by atoms with E-state index in [0.29, 0.717) is 25.7 Å². The van der Waals surface area contributed by atoms with Crippen LogP contribution in [0.1, 0.15) is 382 Å². The molecule has 0 amide bonds. The van der Waals surface area contributed by atoms with Crippen molar-refractivity contribution in [3.63, 3.8) is 0 Å². The molecule has 94 heavy (non-hydrogen) atoms. The number of phosphoric ester groups is 2. The number of unbranched alkanes of at least 4 members (excludes halogenated alkanes) is 39. The number of rotatable bonds is 73. The Balaban J connectivity index is 5.22. The van der Waals surface area contributed by atoms with Gasteiger partial charge in [0.05, 0.1) is 26.4 Å². The second kappa shape index (κ2) is 65.7. The fourth-order valence-corrected chi connectivity index (χ4v) is 12.9. The number of carbonyl (C=O) groups excluding carboxylic acids is 4. The molecule has 3 N–H and O–H groups in total. The van der Waals surface area contributed by atoms with Crippen LogP contribution in [0.2, 0.25) is 0 Å². The van der Waals surface area contributed by atoms with Crippen molar-refractivity contribution in [2.75, 3.05) is 39.6 Å². The van der Waals surface area contributed by atoms with E-state index in [9.17, 15) is 43.2 Å². The highest BCUT2D eigenvalue weighted by Crippen LogP contribution is 2.45. The molecular weight excluding hydrogens is 1230 g/mol. The zero-order chi connectivity index (χ0) is 69.4. The van der Waals surface area contributed by atoms with Crippen molar-refractivity contribution in [2.24, 2.45) is 17.8 Å². The zero-order valence-corrected chi connectivity index (χ0v) is 63.2. The summed E-state index contributed by atoms with van der Waals surface area (Å²) in [7, 11) is -9.91. The van der Waals surface area contributed by atoms with Crippen LogP contribution in [0.5, 0.6) is 0 Å². The maximum atomic E-state index is 13.1. The first-order valence-electron chi connectivity index (χ1n) is 38.9. The Bertz CT molecular complexity index is 1840. The van der Waals surface area contributed by atoms with E-state index in [0.717, 1.165) is 108 Å². The molecule has 0 saturated carbocycles. The van der Waals surface area contributed by atoms with E-state index in [1.807, 2.05) is 0 Å². The Labute approximate surface area is 575 Å². The number of phosphoric acid groups is 2. The molecule has 0 radical (unpaired) electrons. The number of hydrogen-bond donors (Lipinski definition) is 3. The molecule has 17 nitrogen and oxygen atoms in total. The summed E-state index contributed by atoms with van der Waals surface area (Å²) in [5.41, 5.74) is 0. The van der Waals surface area contributed by atoms with E-state index in [-0.39, 0.29) is 25.7 Å². The van der Waals surface area contributed by atoms with Crippen LogP contribution < -0.4 is 0 Å². The Kier molecular flexibility index (Phi) is 64.3. The maximum Gasteiger partial charge on any atom is 0.472 e. The molecule has 0 bridgehead atoms. The minimum atomic E-state index is -4.96. The molecule has 0 rings (SSSR count). The van der Waals surface area contributed by atoms with Gasteiger partial charge in [-0.05, 0) is 43.4 Å². The minimum absolute atomic E-state index is 0.103. The maximum absolute atomic E-state index is 13.1. The third-order valence-corrected chi connectivity index (χ3v) is 20.0. The highest BCUT2D eigenvalue weighted by Gasteiger charge is 2.30. The summed E-state index contributed by atoms with van der Waals surface area (Å²) in [5.74, 6) is 0.243. The highest BCUT2D eigenvalue weighted by atomic mass is 31.2. The van der Waals surface area contributed by atoms with Gasteiger partial charge in [-0.15, -0.1) is 0 Å². The fraction of sp³-hybridized carbons (Fsp3) is 0.947. The van der Waals surface area contributed by atoms with Crippen molar-refractivity contribution in [1.29, 1.82) is 0 Å². The minimum Gasteiger partial charge on any atom is -0.462 e. The van der Waals surface area contributed by atoms with Crippen molar-refractivity contribution in [3.05, 3.63) is 0 Å². The normalized spacial score (nSPS) is 14.7. The number of aliphatic hydroxyl groups excluding tert-OH is 1. The van der Waals surface area contributed by atoms with E-state index in [1.54, 1.807) is 0 Å². The first-order chi connectivity index (χ1) is 45.3. The molecule has 0 aliphatic carbocycles. The van der Waals surface area contributed by atoms with E-state index in [4.69, 9.17) is 37.0 Å². The van der Waals surface area contributed by atoms with E-state index < -0.39 is 97.5 Å². The molecule has 7 atom stereocenters. The smallest absolute Gasteiger partial charge is 0.462 e. The average Bonchev–Trinajstić information content (AvgIpc) is 1.15. The first kappa shape index (κ1) is 92.1. The van der Waals surface area contributed by atoms with E-state index >= 15 is 0 Å². The van der Waals surface area contributed by atoms with Crippen LogP contribution >= 0.6 is 15.6 Å². The molecular formula is C75H146O17P2. The fourth-order valence-electron chi connectivity index (χ4n) is 11.4. The number of carbonyl (C=O) groups is 4. The van der Waals surface area contributed by atoms with E-state index in [1.165, 1.54) is 193 Å². The van der Waals surface area contributed by atoms with Gasteiger partial charge in [-0.1, -0.05) is 331 Å². The lowest BCUT2D eigenvalue weighted by Gasteiger charge is -2.21. The molecule has 0 aromatic carbocycles. The summed E-state index contributed by atoms with van der Waals surface area (Å²) in [6.07, 6.45) is 51.3. The molecule has 0 spiro atoms. The highest BCUT2D eigenvalue weighted by molar-refractivity contribution is 7.47. The summed E-state index contributed by atoms with van der Waals surface area (Å²) in [4.78, 5) is 72.7. The van der Waals surface area contributed by atoms with Crippen LogP contribution in [0.15, 0.2) is 0 Å². The molecule has 558 valence electrons. The van der Waals surface area contributed by atoms with Crippen LogP contribution in [0.25, 0.3) is 0 Å². The topological polar surface area (TPSA) is 237 Å². The summed E-state index contributed by atoms with van der Waals surface area (Å²) < 4.78 is 68.4. The quantitative estimate of drug-likeness (QED) is 0.0222. The zero-order valence-electron chi connectivity index (χ0n) is 61.4. The number of aliphatic hydroxyl groups is 1. The van der Waals surface area contributed by atoms with Gasteiger partial charge in [-0.2, -0.15) is 0 Å². The largest absolute Gasteiger partial charge is 0.472 e. The molecule has 0 aliphatic rings. The van der Waals surface area contributed by atoms with Gasteiger partial charge in [0.2, 0.25) is 0 Å². The molecule has 0 fully saturated rings. The number of ether oxygens (including phenoxy) is 4. The molecule has 0 aromatic rings. The molecule has 0 aliphatic heterocycles. The Morgan fingerprint density at radius 2 is 0.543 bits per heavy atom. The summed E-state index contributed by atoms with van der Waals surface area (Å²) in [5, 5.41) is 10.6. The van der Waals surface area contributed by atoms with Crippen molar-refractivity contribution < 1.29 is 80.2 Å². The van der Waals surface area contributed by atoms with Gasteiger partial charge in [-0.3, -0.25) is 37.3 Å². The van der Waals surface area contributed by atoms with Crippen LogP contribution in [-0.2, 0) is 65.4 Å². The molecule has 0 saturated heterocycles. The van der Waals surface area contributed by atoms with Crippen molar-refractivity contribution >= 4 is 39.5 Å². The van der Waals surface area contributed by atoms with Gasteiger partial charge in [0.15, 0.2) is 12.2 Å². The SMILES string of the molecule is CCCCCCCCCCCC(=O)OC[C@H](COP(=O)(O)OC[C@H](O)COP(=O)(O)OC[C@@H](COC(=O)CCCCCCCCCCCCCCCCC(C)C)OC(=O)CCCCCCCCCCCCCCCCC(C)CC)OC(=O)CCCCCCCCC(C)CC. The van der Waals surface area contributed by atoms with Crippen LogP contribution in [-0.4, -0.2) is 96.7 Å². The Hall–Kier alpha value is -1.94. The third-order valence-electron chi connectivity index (χ3n) is 18.1. The third kappa shape index (κ3) is 66.0. The lowest BCUT2D eigenvalue weighted by atomic mass is 9.99. The molecule has 19 heteroatoms. The van der Waals surface area contributed by atoms with Crippen molar-refractivity contribution in [2.45, 2.75) is 401 Å². The molecule has 0 aromatic heterocycles. The van der Waals surface area contributed by atoms with Gasteiger partial charge < -0.3 is 33.8 Å². The van der Waals surface area contributed by atoms with Gasteiger partial charge in [0, 0.05) is 25.7 Å². The first-order valence-corrected chi connectivity index (χ1v) is 41.9. The predicted octanol–water partition coefficient (Wildman–Crippen LogP) is 21.8. The average molecular weight is 1380 g/mol. The molecule has 4 unspecified atom stereocenters. The Morgan fingerprint density at radius 1 is 0.309 bits per heavy atom. The summed E-state index contributed by atoms with van der Waals surface area (Å²) in [6, 6.07) is 0. The standard InChI is InChI=1S/C75H146O17P2/c1-8-11-12-13-14-27-34-42-49-56-72(77)85-63-71(92-75(80)59-52-45-38-37-41-48-55-68(7)10-3)65-90-94(83,84)88-61-69(76)60-87-93(81,82)89-64-70(62-86-73(78)57-50-43-35-30-25-21-17-15-19-23-28-32-39-46-53-66(4)5)91-74(79)58-51-44-36-31-26-22-18-16-20-24-29-33-40-47-54-67(6)9-2/h66-71,76H,8-65H2,1-7H3,(H,81,82)(H,83,84)/t67?,68?,69-,70-,71-/m1/s1. The van der Waals surface area contributed by atoms with Gasteiger partial charge in [0.1, 0.15) is 19.3 Å². The second-order valence-corrected chi connectivity index (χ2v) is 30.9.